The Morgan fingerprint density at radius 2 is 1.89 bits per heavy atom. The molecular weight excluding hydrogens is 480 g/mol. The zero-order valence-electron chi connectivity index (χ0n) is 21.4. The second-order valence-corrected chi connectivity index (χ2v) is 8.86. The van der Waals surface area contributed by atoms with Crippen LogP contribution < -0.4 is 20.9 Å². The molecule has 9 nitrogen and oxygen atoms in total. The van der Waals surface area contributed by atoms with E-state index < -0.39 is 0 Å². The minimum absolute atomic E-state index is 0.108. The van der Waals surface area contributed by atoms with Gasteiger partial charge in [0.2, 0.25) is 5.95 Å². The number of aromatic nitrogens is 4. The Morgan fingerprint density at radius 1 is 1.05 bits per heavy atom. The third kappa shape index (κ3) is 5.12. The van der Waals surface area contributed by atoms with E-state index in [4.69, 9.17) is 4.74 Å². The summed E-state index contributed by atoms with van der Waals surface area (Å²) in [5, 5.41) is 5.42. The van der Waals surface area contributed by atoms with E-state index in [0.29, 0.717) is 24.6 Å². The minimum atomic E-state index is -0.346. The number of aromatic amines is 1. The van der Waals surface area contributed by atoms with Crippen molar-refractivity contribution in [3.63, 3.8) is 0 Å². The third-order valence-electron chi connectivity index (χ3n) is 6.25. The van der Waals surface area contributed by atoms with Crippen LogP contribution in [0.1, 0.15) is 18.2 Å². The fourth-order valence-electron chi connectivity index (χ4n) is 4.43. The van der Waals surface area contributed by atoms with Crippen molar-refractivity contribution in [1.82, 2.24) is 24.8 Å². The Hall–Kier alpha value is -4.92. The summed E-state index contributed by atoms with van der Waals surface area (Å²) in [4.78, 5) is 37.6. The number of hydrogen-bond donors (Lipinski definition) is 3. The van der Waals surface area contributed by atoms with Gasteiger partial charge in [0.1, 0.15) is 5.75 Å². The largest absolute Gasteiger partial charge is 0.497 e. The molecule has 0 aliphatic rings. The number of pyridine rings is 2. The summed E-state index contributed by atoms with van der Waals surface area (Å²) in [6, 6.07) is 20.5. The molecule has 3 heterocycles. The Bertz CT molecular complexity index is 1670. The number of fused-ring (bicyclic) bond motifs is 1. The van der Waals surface area contributed by atoms with Gasteiger partial charge in [-0.2, -0.15) is 0 Å². The van der Waals surface area contributed by atoms with E-state index in [-0.39, 0.29) is 11.6 Å². The highest BCUT2D eigenvalue weighted by atomic mass is 16.5. The smallest absolute Gasteiger partial charge is 0.321 e. The molecule has 9 heteroatoms. The molecule has 0 fully saturated rings. The number of ether oxygens (including phenoxy) is 1. The number of amides is 2. The average molecular weight is 509 g/mol. The van der Waals surface area contributed by atoms with Crippen molar-refractivity contribution in [3.05, 3.63) is 94.5 Å². The van der Waals surface area contributed by atoms with Gasteiger partial charge in [0.25, 0.3) is 5.56 Å². The van der Waals surface area contributed by atoms with Crippen LogP contribution >= 0.6 is 0 Å². The van der Waals surface area contributed by atoms with Crippen LogP contribution in [0.4, 0.5) is 10.7 Å². The van der Waals surface area contributed by atoms with Crippen LogP contribution in [0.3, 0.4) is 0 Å². The molecule has 0 aliphatic carbocycles. The Labute approximate surface area is 219 Å². The molecule has 0 unspecified atom stereocenters. The van der Waals surface area contributed by atoms with Gasteiger partial charge in [0, 0.05) is 30.1 Å². The fourth-order valence-corrected chi connectivity index (χ4v) is 4.43. The molecule has 3 N–H and O–H groups in total. The summed E-state index contributed by atoms with van der Waals surface area (Å²) < 4.78 is 7.06. The topological polar surface area (TPSA) is 114 Å². The lowest BCUT2D eigenvalue weighted by Gasteiger charge is -2.13. The van der Waals surface area contributed by atoms with Crippen LogP contribution in [0, 0.1) is 6.92 Å². The van der Waals surface area contributed by atoms with Crippen molar-refractivity contribution >= 4 is 23.0 Å². The number of carbonyl (C=O) groups excluding carboxylic acids is 1. The number of carbonyl (C=O) groups is 1. The summed E-state index contributed by atoms with van der Waals surface area (Å²) in [6.45, 7) is 4.70. The second kappa shape index (κ2) is 10.6. The predicted octanol–water partition coefficient (Wildman–Crippen LogP) is 4.96. The first-order valence-corrected chi connectivity index (χ1v) is 12.3. The minimum Gasteiger partial charge on any atom is -0.497 e. The van der Waals surface area contributed by atoms with Gasteiger partial charge in [-0.15, -0.1) is 0 Å². The Morgan fingerprint density at radius 3 is 2.63 bits per heavy atom. The van der Waals surface area contributed by atoms with Crippen molar-refractivity contribution in [3.8, 4) is 28.1 Å². The summed E-state index contributed by atoms with van der Waals surface area (Å²) in [6.07, 6.45) is 1.72. The summed E-state index contributed by atoms with van der Waals surface area (Å²) in [5.41, 5.74) is 6.24. The number of methoxy groups -OCH3 is 1. The van der Waals surface area contributed by atoms with E-state index in [9.17, 15) is 9.59 Å². The second-order valence-electron chi connectivity index (χ2n) is 8.86. The standard InChI is InChI=1S/C29H28N6O3/c1-4-30-29(37)34-28-32-25-15-21(14-23(27(25)33-28)24-10-5-6-11-31-24)20-12-18(2)35(26(36)16-20)17-19-8-7-9-22(13-19)38-3/h5-16H,4,17H2,1-3H3,(H3,30,32,33,34,37). The average Bonchev–Trinajstić information content (AvgIpc) is 3.33. The molecule has 0 bridgehead atoms. The van der Waals surface area contributed by atoms with Crippen molar-refractivity contribution in [2.75, 3.05) is 19.0 Å². The predicted molar refractivity (Wildman–Crippen MR) is 149 cm³/mol. The maximum atomic E-state index is 13.2. The lowest BCUT2D eigenvalue weighted by atomic mass is 9.99. The quantitative estimate of drug-likeness (QED) is 0.288. The lowest BCUT2D eigenvalue weighted by Crippen LogP contribution is -2.28. The van der Waals surface area contributed by atoms with Crippen molar-refractivity contribution in [2.45, 2.75) is 20.4 Å². The number of nitrogens with one attached hydrogen (secondary N) is 3. The lowest BCUT2D eigenvalue weighted by molar-refractivity contribution is 0.252. The van der Waals surface area contributed by atoms with Crippen molar-refractivity contribution in [2.24, 2.45) is 0 Å². The van der Waals surface area contributed by atoms with Gasteiger partial charge in [-0.25, -0.2) is 9.78 Å². The molecule has 0 radical (unpaired) electrons. The molecule has 0 atom stereocenters. The molecule has 2 amide bonds. The molecule has 0 aliphatic heterocycles. The number of rotatable bonds is 7. The third-order valence-corrected chi connectivity index (χ3v) is 6.25. The van der Waals surface area contributed by atoms with Gasteiger partial charge in [0.05, 0.1) is 30.4 Å². The summed E-state index contributed by atoms with van der Waals surface area (Å²) >= 11 is 0. The zero-order valence-corrected chi connectivity index (χ0v) is 21.4. The SMILES string of the molecule is CCNC(=O)Nc1nc2cc(-c3cc(C)n(Cc4cccc(OC)c4)c(=O)c3)cc(-c3ccccn3)c2[nH]1. The molecule has 38 heavy (non-hydrogen) atoms. The summed E-state index contributed by atoms with van der Waals surface area (Å²) in [7, 11) is 1.62. The van der Waals surface area contributed by atoms with Gasteiger partial charge < -0.3 is 19.6 Å². The van der Waals surface area contributed by atoms with Crippen molar-refractivity contribution < 1.29 is 9.53 Å². The van der Waals surface area contributed by atoms with Crippen LogP contribution in [0.2, 0.25) is 0 Å². The normalized spacial score (nSPS) is 10.9. The molecule has 0 saturated heterocycles. The Balaban J connectivity index is 1.58. The van der Waals surface area contributed by atoms with Crippen LogP contribution in [-0.4, -0.2) is 39.2 Å². The maximum Gasteiger partial charge on any atom is 0.321 e. The van der Waals surface area contributed by atoms with Gasteiger partial charge in [-0.1, -0.05) is 18.2 Å². The van der Waals surface area contributed by atoms with Gasteiger partial charge in [0.15, 0.2) is 0 Å². The molecule has 5 rings (SSSR count). The number of aryl methyl sites for hydroxylation is 1. The molecule has 2 aromatic carbocycles. The van der Waals surface area contributed by atoms with Crippen LogP contribution in [-0.2, 0) is 6.54 Å². The van der Waals surface area contributed by atoms with E-state index in [0.717, 1.165) is 44.9 Å². The first-order chi connectivity index (χ1) is 18.4. The number of urea groups is 1. The molecule has 192 valence electrons. The van der Waals surface area contributed by atoms with E-state index in [1.165, 1.54) is 0 Å². The molecule has 3 aromatic heterocycles. The summed E-state index contributed by atoms with van der Waals surface area (Å²) in [5.74, 6) is 1.07. The van der Waals surface area contributed by atoms with Crippen LogP contribution in [0.5, 0.6) is 5.75 Å². The maximum absolute atomic E-state index is 13.2. The number of nitrogens with zero attached hydrogens (tertiary/aromatic N) is 3. The molecule has 5 aromatic rings. The molecular formula is C29H28N6O3. The van der Waals surface area contributed by atoms with Gasteiger partial charge in [-0.3, -0.25) is 15.1 Å². The highest BCUT2D eigenvalue weighted by Gasteiger charge is 2.15. The number of anilines is 1. The van der Waals surface area contributed by atoms with Crippen LogP contribution in [0.15, 0.2) is 77.7 Å². The molecule has 0 spiro atoms. The fraction of sp³-hybridized carbons (Fsp3) is 0.172. The van der Waals surface area contributed by atoms with E-state index in [1.54, 1.807) is 23.9 Å². The highest BCUT2D eigenvalue weighted by Crippen LogP contribution is 2.33. The highest BCUT2D eigenvalue weighted by molar-refractivity contribution is 5.98. The number of imidazole rings is 1. The van der Waals surface area contributed by atoms with Gasteiger partial charge in [-0.05, 0) is 73.0 Å². The number of H-pyrrole nitrogens is 1. The van der Waals surface area contributed by atoms with Gasteiger partial charge >= 0.3 is 6.03 Å². The monoisotopic (exact) mass is 508 g/mol. The first-order valence-electron chi connectivity index (χ1n) is 12.3. The van der Waals surface area contributed by atoms with E-state index in [1.807, 2.05) is 74.5 Å². The van der Waals surface area contributed by atoms with E-state index in [2.05, 4.69) is 25.6 Å². The van der Waals surface area contributed by atoms with Crippen molar-refractivity contribution in [1.29, 1.82) is 0 Å². The van der Waals surface area contributed by atoms with Crippen LogP contribution in [0.25, 0.3) is 33.4 Å². The zero-order chi connectivity index (χ0) is 26.6. The molecule has 0 saturated carbocycles. The van der Waals surface area contributed by atoms with E-state index >= 15 is 0 Å². The first kappa shape index (κ1) is 24.8. The Kier molecular flexibility index (Phi) is 6.90. The number of benzene rings is 2. The number of hydrogen-bond acceptors (Lipinski definition) is 5.